The van der Waals surface area contributed by atoms with Gasteiger partial charge in [-0.1, -0.05) is 40.5 Å². The average Bonchev–Trinajstić information content (AvgIpc) is 3.37. The summed E-state index contributed by atoms with van der Waals surface area (Å²) in [5.41, 5.74) is 3.91. The molecule has 9 heteroatoms. The van der Waals surface area contributed by atoms with E-state index >= 15 is 0 Å². The largest absolute Gasteiger partial charge is 0.489 e. The number of nitrogens with zero attached hydrogens (tertiary/aromatic N) is 3. The van der Waals surface area contributed by atoms with Gasteiger partial charge in [-0.25, -0.2) is 0 Å². The van der Waals surface area contributed by atoms with E-state index < -0.39 is 5.91 Å². The number of anilines is 1. The van der Waals surface area contributed by atoms with Gasteiger partial charge in [0.05, 0.1) is 12.1 Å². The molecule has 4 rings (SSSR count). The number of amides is 1. The zero-order chi connectivity index (χ0) is 23.5. The minimum absolute atomic E-state index is 0.157. The van der Waals surface area contributed by atoms with Crippen molar-refractivity contribution in [3.8, 4) is 5.75 Å². The van der Waals surface area contributed by atoms with E-state index in [0.29, 0.717) is 39.5 Å². The van der Waals surface area contributed by atoms with Gasteiger partial charge in [0.2, 0.25) is 0 Å². The highest BCUT2D eigenvalue weighted by Crippen LogP contribution is 2.23. The average molecular weight is 485 g/mol. The van der Waals surface area contributed by atoms with Crippen LogP contribution in [0.5, 0.6) is 5.75 Å². The normalized spacial score (nSPS) is 10.9. The Morgan fingerprint density at radius 3 is 2.67 bits per heavy atom. The van der Waals surface area contributed by atoms with E-state index in [1.54, 1.807) is 36.0 Å². The van der Waals surface area contributed by atoms with Crippen molar-refractivity contribution in [1.29, 1.82) is 0 Å². The first-order valence-electron chi connectivity index (χ1n) is 10.2. The smallest absolute Gasteiger partial charge is 0.279 e. The van der Waals surface area contributed by atoms with Gasteiger partial charge in [-0.2, -0.15) is 5.10 Å². The molecule has 0 unspecified atom stereocenters. The minimum Gasteiger partial charge on any atom is -0.489 e. The van der Waals surface area contributed by atoms with E-state index in [9.17, 15) is 4.79 Å². The van der Waals surface area contributed by atoms with Crippen LogP contribution in [-0.4, -0.2) is 20.8 Å². The van der Waals surface area contributed by atoms with Crippen molar-refractivity contribution in [3.05, 3.63) is 92.4 Å². The van der Waals surface area contributed by atoms with Crippen molar-refractivity contribution in [2.75, 3.05) is 5.32 Å². The summed E-state index contributed by atoms with van der Waals surface area (Å²) in [4.78, 5) is 12.8. The van der Waals surface area contributed by atoms with Crippen LogP contribution >= 0.6 is 23.2 Å². The predicted octanol–water partition coefficient (Wildman–Crippen LogP) is 5.98. The van der Waals surface area contributed by atoms with E-state index in [4.69, 9.17) is 32.5 Å². The molecule has 4 aromatic rings. The molecule has 0 fully saturated rings. The quantitative estimate of drug-likeness (QED) is 0.348. The van der Waals surface area contributed by atoms with Crippen LogP contribution in [0.15, 0.2) is 53.2 Å². The van der Waals surface area contributed by atoms with E-state index in [1.807, 2.05) is 38.1 Å². The first kappa shape index (κ1) is 22.9. The van der Waals surface area contributed by atoms with Crippen molar-refractivity contribution in [1.82, 2.24) is 14.9 Å². The summed E-state index contributed by atoms with van der Waals surface area (Å²) in [6.45, 7) is 6.39. The fraction of sp³-hybridized carbons (Fsp3) is 0.208. The van der Waals surface area contributed by atoms with Crippen LogP contribution in [0.3, 0.4) is 0 Å². The third-order valence-electron chi connectivity index (χ3n) is 5.29. The maximum absolute atomic E-state index is 12.8. The van der Waals surface area contributed by atoms with Crippen LogP contribution < -0.4 is 10.1 Å². The zero-order valence-electron chi connectivity index (χ0n) is 18.4. The molecular formula is C24H22Cl2N4O3. The third-order valence-corrected chi connectivity index (χ3v) is 5.88. The molecule has 1 amide bonds. The summed E-state index contributed by atoms with van der Waals surface area (Å²) >= 11 is 12.2. The van der Waals surface area contributed by atoms with Crippen LogP contribution in [0.25, 0.3) is 0 Å². The lowest BCUT2D eigenvalue weighted by Gasteiger charge is -2.09. The molecular weight excluding hydrogens is 463 g/mol. The summed E-state index contributed by atoms with van der Waals surface area (Å²) in [7, 11) is 0. The Hall–Kier alpha value is -3.29. The number of nitrogens with one attached hydrogen (secondary N) is 1. The first-order valence-corrected chi connectivity index (χ1v) is 11.0. The maximum Gasteiger partial charge on any atom is 0.279 e. The summed E-state index contributed by atoms with van der Waals surface area (Å²) in [5.74, 6) is 1.18. The molecule has 0 aliphatic carbocycles. The number of hydrogen-bond acceptors (Lipinski definition) is 5. The molecule has 1 N–H and O–H groups in total. The van der Waals surface area contributed by atoms with Crippen LogP contribution in [0.1, 0.15) is 38.5 Å². The van der Waals surface area contributed by atoms with Gasteiger partial charge < -0.3 is 14.6 Å². The predicted molar refractivity (Wildman–Crippen MR) is 127 cm³/mol. The molecule has 0 aliphatic rings. The van der Waals surface area contributed by atoms with Gasteiger partial charge in [0.1, 0.15) is 18.1 Å². The lowest BCUT2D eigenvalue weighted by molar-refractivity contribution is 0.101. The van der Waals surface area contributed by atoms with Gasteiger partial charge in [-0.05, 0) is 61.7 Å². The van der Waals surface area contributed by atoms with Gasteiger partial charge in [0.25, 0.3) is 5.91 Å². The fourth-order valence-corrected chi connectivity index (χ4v) is 3.68. The molecule has 2 aromatic carbocycles. The van der Waals surface area contributed by atoms with Crippen LogP contribution in [0.4, 0.5) is 5.82 Å². The summed E-state index contributed by atoms with van der Waals surface area (Å²) in [5, 5.41) is 12.2. The molecule has 0 radical (unpaired) electrons. The van der Waals surface area contributed by atoms with E-state index in [-0.39, 0.29) is 12.3 Å². The van der Waals surface area contributed by atoms with Crippen LogP contribution in [0, 0.1) is 20.8 Å². The Kier molecular flexibility index (Phi) is 6.72. The summed E-state index contributed by atoms with van der Waals surface area (Å²) in [6, 6.07) is 12.8. The lowest BCUT2D eigenvalue weighted by Crippen LogP contribution is -2.16. The highest BCUT2D eigenvalue weighted by Gasteiger charge is 2.21. The second kappa shape index (κ2) is 9.68. The summed E-state index contributed by atoms with van der Waals surface area (Å²) in [6.07, 6.45) is 1.75. The number of carbonyl (C=O) groups is 1. The number of aromatic nitrogens is 3. The topological polar surface area (TPSA) is 82.2 Å². The Morgan fingerprint density at radius 1 is 1.09 bits per heavy atom. The Labute approximate surface area is 201 Å². The standard InChI is InChI=1S/C24H22Cl2N4O3/c1-14-4-7-19(10-15(14)2)32-13-20-16(3)33-29-23(20)24(31)27-22-8-9-30(28-22)12-17-5-6-18(25)11-21(17)26/h4-11H,12-13H2,1-3H3,(H,27,28,31). The molecule has 0 aliphatic heterocycles. The summed E-state index contributed by atoms with van der Waals surface area (Å²) < 4.78 is 12.8. The van der Waals surface area contributed by atoms with Crippen molar-refractivity contribution >= 4 is 34.9 Å². The van der Waals surface area contributed by atoms with Crippen LogP contribution in [-0.2, 0) is 13.2 Å². The molecule has 2 heterocycles. The number of hydrogen-bond donors (Lipinski definition) is 1. The van der Waals surface area contributed by atoms with Crippen molar-refractivity contribution in [2.24, 2.45) is 0 Å². The second-order valence-corrected chi connectivity index (χ2v) is 8.53. The Balaban J connectivity index is 1.43. The van der Waals surface area contributed by atoms with Crippen molar-refractivity contribution in [3.63, 3.8) is 0 Å². The number of benzene rings is 2. The van der Waals surface area contributed by atoms with Gasteiger partial charge in [-0.3, -0.25) is 9.48 Å². The molecule has 0 saturated heterocycles. The number of carbonyl (C=O) groups excluding carboxylic acids is 1. The number of rotatable bonds is 7. The van der Waals surface area contributed by atoms with Crippen LogP contribution in [0.2, 0.25) is 10.0 Å². The zero-order valence-corrected chi connectivity index (χ0v) is 19.9. The maximum atomic E-state index is 12.8. The van der Waals surface area contributed by atoms with Gasteiger partial charge >= 0.3 is 0 Å². The second-order valence-electron chi connectivity index (χ2n) is 7.69. The van der Waals surface area contributed by atoms with E-state index in [1.165, 1.54) is 5.56 Å². The molecule has 0 spiro atoms. The Bertz CT molecular complexity index is 1310. The van der Waals surface area contributed by atoms with Gasteiger partial charge in [0, 0.05) is 22.3 Å². The number of halogens is 2. The lowest BCUT2D eigenvalue weighted by atomic mass is 10.1. The Morgan fingerprint density at radius 2 is 1.91 bits per heavy atom. The van der Waals surface area contributed by atoms with Crippen molar-refractivity contribution in [2.45, 2.75) is 33.9 Å². The first-order chi connectivity index (χ1) is 15.8. The monoisotopic (exact) mass is 484 g/mol. The van der Waals surface area contributed by atoms with Gasteiger partial charge in [0.15, 0.2) is 11.5 Å². The number of aryl methyl sites for hydroxylation is 3. The highest BCUT2D eigenvalue weighted by atomic mass is 35.5. The molecule has 170 valence electrons. The number of ether oxygens (including phenoxy) is 1. The molecule has 7 nitrogen and oxygen atoms in total. The molecule has 2 aromatic heterocycles. The fourth-order valence-electron chi connectivity index (χ4n) is 3.22. The molecule has 0 atom stereocenters. The minimum atomic E-state index is -0.430. The SMILES string of the molecule is Cc1ccc(OCc2c(C(=O)Nc3ccn(Cc4ccc(Cl)cc4Cl)n3)noc2C)cc1C. The molecule has 33 heavy (non-hydrogen) atoms. The molecule has 0 saturated carbocycles. The molecule has 0 bridgehead atoms. The third kappa shape index (κ3) is 5.38. The highest BCUT2D eigenvalue weighted by molar-refractivity contribution is 6.35. The van der Waals surface area contributed by atoms with Crippen molar-refractivity contribution < 1.29 is 14.1 Å². The van der Waals surface area contributed by atoms with E-state index in [0.717, 1.165) is 11.1 Å². The van der Waals surface area contributed by atoms with E-state index in [2.05, 4.69) is 15.6 Å². The van der Waals surface area contributed by atoms with Gasteiger partial charge in [-0.15, -0.1) is 0 Å².